The summed E-state index contributed by atoms with van der Waals surface area (Å²) in [5, 5.41) is 2.43. The topological polar surface area (TPSA) is 15.9 Å². The molecule has 0 aliphatic carbocycles. The van der Waals surface area contributed by atoms with Gasteiger partial charge in [-0.15, -0.1) is 0 Å². The molecule has 0 radical (unpaired) electrons. The van der Waals surface area contributed by atoms with E-state index >= 15 is 0 Å². The molecule has 57 heavy (non-hydrogen) atoms. The molecule has 2 aromatic heterocycles. The highest BCUT2D eigenvalue weighted by Gasteiger charge is 2.72. The quantitative estimate of drug-likeness (QED) is 0.160. The van der Waals surface area contributed by atoms with E-state index in [0.717, 1.165) is 0 Å². The van der Waals surface area contributed by atoms with Gasteiger partial charge in [-0.25, -0.2) is 0 Å². The van der Waals surface area contributed by atoms with E-state index in [0.29, 0.717) is 0 Å². The minimum atomic E-state index is -0.752. The van der Waals surface area contributed by atoms with E-state index in [-0.39, 0.29) is 0 Å². The van der Waals surface area contributed by atoms with E-state index in [1.807, 2.05) is 55.4 Å². The van der Waals surface area contributed by atoms with Crippen molar-refractivity contribution < 1.29 is 9.15 Å². The van der Waals surface area contributed by atoms with Crippen LogP contribution in [-0.2, 0) is 5.91 Å². The van der Waals surface area contributed by atoms with Gasteiger partial charge in [-0.2, -0.15) is 9.13 Å². The van der Waals surface area contributed by atoms with E-state index in [2.05, 4.69) is 188 Å². The molecule has 4 heteroatoms. The van der Waals surface area contributed by atoms with Crippen molar-refractivity contribution in [3.05, 3.63) is 226 Å². The molecule has 0 atom stereocenters. The molecule has 0 N–H and O–H groups in total. The summed E-state index contributed by atoms with van der Waals surface area (Å²) in [5.41, 5.74) is 17.1. The molecule has 0 saturated carbocycles. The molecule has 6 aromatic rings. The average Bonchev–Trinajstić information content (AvgIpc) is 4.14. The van der Waals surface area contributed by atoms with Gasteiger partial charge in [-0.05, 0) is 46.5 Å². The predicted octanol–water partition coefficient (Wildman–Crippen LogP) is 10.5. The number of benzene rings is 4. The normalized spacial score (nSPS) is 16.1. The Morgan fingerprint density at radius 3 is 0.982 bits per heavy atom. The van der Waals surface area contributed by atoms with Crippen LogP contribution in [0.5, 0.6) is 0 Å². The van der Waals surface area contributed by atoms with Crippen molar-refractivity contribution in [1.29, 1.82) is 0 Å². The zero-order valence-electron chi connectivity index (χ0n) is 34.5. The lowest BCUT2D eigenvalue weighted by molar-refractivity contribution is -0.834. The fourth-order valence-electron chi connectivity index (χ4n) is 9.33. The Bertz CT molecular complexity index is 2630. The Kier molecular flexibility index (Phi) is 9.97. The highest BCUT2D eigenvalue weighted by molar-refractivity contribution is 6.29. The highest BCUT2D eigenvalue weighted by atomic mass is 15.6. The van der Waals surface area contributed by atoms with Crippen LogP contribution in [-0.4, -0.2) is 29.7 Å². The number of hydrogen-bond acceptors (Lipinski definition) is 0. The van der Waals surface area contributed by atoms with Crippen LogP contribution in [0, 0.1) is 0 Å². The van der Waals surface area contributed by atoms with Crippen molar-refractivity contribution >= 4 is 33.7 Å². The van der Waals surface area contributed by atoms with Crippen molar-refractivity contribution in [1.82, 2.24) is 9.13 Å². The van der Waals surface area contributed by atoms with Crippen LogP contribution in [0.2, 0.25) is 0 Å². The summed E-state index contributed by atoms with van der Waals surface area (Å²) in [6.45, 7) is 16.0. The first-order valence-corrected chi connectivity index (χ1v) is 21.0. The fraction of sp³-hybridized carbons (Fsp3) is 0.170. The molecular formula is C53H52N4+2. The van der Waals surface area contributed by atoms with Crippen LogP contribution in [0.4, 0.5) is 0 Å². The molecule has 1 spiro atoms. The molecule has 6 aliphatic heterocycles. The van der Waals surface area contributed by atoms with Crippen LogP contribution in [0.1, 0.15) is 89.0 Å². The lowest BCUT2D eigenvalue weighted by atomic mass is 9.93. The van der Waals surface area contributed by atoms with Gasteiger partial charge in [0.1, 0.15) is 0 Å². The average molecular weight is 745 g/mol. The SMILES string of the molecule is C1=CC2=[N+]3C1=C(c1ccccc1)c1ccc4n1C31n3c(ccc3=C(c3ccccc3)C3=[N+]1C(=C4c1ccccc1)C=C3)=C2c1ccccc1.CC.CC.CC.CC. The molecule has 0 saturated heterocycles. The maximum Gasteiger partial charge on any atom is 0.553 e. The third kappa shape index (κ3) is 4.99. The van der Waals surface area contributed by atoms with Crippen molar-refractivity contribution in [3.63, 3.8) is 0 Å². The summed E-state index contributed by atoms with van der Waals surface area (Å²) in [6, 6.07) is 53.1. The van der Waals surface area contributed by atoms with Gasteiger partial charge in [-0.3, -0.25) is 0 Å². The molecule has 0 bridgehead atoms. The van der Waals surface area contributed by atoms with Gasteiger partial charge in [-0.1, -0.05) is 186 Å². The summed E-state index contributed by atoms with van der Waals surface area (Å²) in [5.74, 6) is -0.752. The lowest BCUT2D eigenvalue weighted by Crippen LogP contribution is -2.71. The molecule has 282 valence electrons. The van der Waals surface area contributed by atoms with Crippen molar-refractivity contribution in [2.75, 3.05) is 0 Å². The van der Waals surface area contributed by atoms with Gasteiger partial charge in [0.15, 0.2) is 0 Å². The summed E-state index contributed by atoms with van der Waals surface area (Å²) >= 11 is 0. The molecule has 0 unspecified atom stereocenters. The van der Waals surface area contributed by atoms with Gasteiger partial charge in [0.25, 0.3) is 0 Å². The van der Waals surface area contributed by atoms with Gasteiger partial charge in [0.2, 0.25) is 22.8 Å². The zero-order valence-corrected chi connectivity index (χ0v) is 34.5. The van der Waals surface area contributed by atoms with Crippen LogP contribution in [0.25, 0.3) is 22.3 Å². The first kappa shape index (κ1) is 37.4. The minimum absolute atomic E-state index is 0.752. The molecule has 12 rings (SSSR count). The number of rotatable bonds is 4. The molecule has 6 aliphatic rings. The molecule has 4 nitrogen and oxygen atoms in total. The van der Waals surface area contributed by atoms with E-state index in [4.69, 9.17) is 0 Å². The number of aromatic nitrogens is 2. The monoisotopic (exact) mass is 744 g/mol. The molecular weight excluding hydrogens is 693 g/mol. The number of allylic oxidation sites excluding steroid dienone is 4. The number of hydrogen-bond donors (Lipinski definition) is 0. The van der Waals surface area contributed by atoms with Crippen LogP contribution >= 0.6 is 0 Å². The third-order valence-corrected chi connectivity index (χ3v) is 11.0. The standard InChI is InChI=1S/C45H28N4.4C2H6/c1-5-13-29(14-6-1)41-33-21-23-35-42(30-15-7-2-8-16-30)37-25-27-39-44(32-19-11-4-12-20-32)40-28-26-38-43(31-17-9-3-10-18-31)36-24-22-34(41)47(36)45(46(33)35,48(37)39)49(38)40;4*1-2/h1-28H;4*1-2H3/q+2;;;;. The van der Waals surface area contributed by atoms with Crippen molar-refractivity contribution in [2.45, 2.75) is 61.3 Å². The highest BCUT2D eigenvalue weighted by Crippen LogP contribution is 2.52. The Hall–Kier alpha value is -6.52. The van der Waals surface area contributed by atoms with Crippen LogP contribution in [0.15, 0.2) is 181 Å². The van der Waals surface area contributed by atoms with Crippen molar-refractivity contribution in [3.8, 4) is 0 Å². The Morgan fingerprint density at radius 2 is 0.649 bits per heavy atom. The van der Waals surface area contributed by atoms with Crippen LogP contribution in [0.3, 0.4) is 0 Å². The smallest absolute Gasteiger partial charge is 0.198 e. The second-order valence-electron chi connectivity index (χ2n) is 13.3. The first-order chi connectivity index (χ1) is 28.4. The maximum atomic E-state index is 2.64. The summed E-state index contributed by atoms with van der Waals surface area (Å²) < 4.78 is 10.6. The lowest BCUT2D eigenvalue weighted by Gasteiger charge is -2.41. The molecule has 4 aromatic carbocycles. The van der Waals surface area contributed by atoms with Gasteiger partial charge < -0.3 is 0 Å². The minimum Gasteiger partial charge on any atom is -0.198 e. The second-order valence-corrected chi connectivity index (χ2v) is 13.3. The Balaban J connectivity index is 0.000000539. The largest absolute Gasteiger partial charge is 0.553 e. The first-order valence-electron chi connectivity index (χ1n) is 21.0. The third-order valence-electron chi connectivity index (χ3n) is 11.0. The summed E-state index contributed by atoms with van der Waals surface area (Å²) in [7, 11) is 0. The Morgan fingerprint density at radius 1 is 0.333 bits per heavy atom. The molecule has 8 heterocycles. The van der Waals surface area contributed by atoms with Crippen LogP contribution < -0.4 is 10.7 Å². The molecule has 0 amide bonds. The van der Waals surface area contributed by atoms with Gasteiger partial charge >= 0.3 is 5.91 Å². The summed E-state index contributed by atoms with van der Waals surface area (Å²) in [6.07, 6.45) is 9.42. The fourth-order valence-corrected chi connectivity index (χ4v) is 9.33. The summed E-state index contributed by atoms with van der Waals surface area (Å²) in [4.78, 5) is 0. The molecule has 0 fully saturated rings. The van der Waals surface area contributed by atoms with E-state index < -0.39 is 5.91 Å². The van der Waals surface area contributed by atoms with E-state index in [1.165, 1.54) is 89.4 Å². The van der Waals surface area contributed by atoms with Crippen molar-refractivity contribution in [2.24, 2.45) is 0 Å². The second kappa shape index (κ2) is 15.2. The van der Waals surface area contributed by atoms with E-state index in [9.17, 15) is 0 Å². The zero-order chi connectivity index (χ0) is 39.8. The van der Waals surface area contributed by atoms with E-state index in [1.54, 1.807) is 0 Å². The predicted molar refractivity (Wildman–Crippen MR) is 239 cm³/mol. The maximum absolute atomic E-state index is 2.64. The van der Waals surface area contributed by atoms with Gasteiger partial charge in [0, 0.05) is 24.3 Å². The van der Waals surface area contributed by atoms with Gasteiger partial charge in [0.05, 0.1) is 44.4 Å². The number of nitrogens with zero attached hydrogens (tertiary/aromatic N) is 4. The Labute approximate surface area is 337 Å².